The van der Waals surface area contributed by atoms with Crippen LogP contribution in [-0.4, -0.2) is 38.4 Å². The lowest BCUT2D eigenvalue weighted by molar-refractivity contribution is 0.193. The van der Waals surface area contributed by atoms with E-state index in [1.165, 1.54) is 6.07 Å². The largest absolute Gasteiger partial charge is 0.381 e. The van der Waals surface area contributed by atoms with Crippen molar-refractivity contribution in [2.75, 3.05) is 23.8 Å². The molecule has 2 aliphatic rings. The number of rotatable bonds is 7. The molecule has 11 heteroatoms. The topological polar surface area (TPSA) is 101 Å². The molecule has 1 saturated heterocycles. The molecule has 1 fully saturated rings. The highest BCUT2D eigenvalue weighted by molar-refractivity contribution is 9.10. The van der Waals surface area contributed by atoms with E-state index in [1.54, 1.807) is 17.8 Å². The molecule has 3 aromatic rings. The van der Waals surface area contributed by atoms with Crippen molar-refractivity contribution < 1.29 is 9.13 Å². The zero-order valence-corrected chi connectivity index (χ0v) is 19.9. The molecule has 4 heterocycles. The normalized spacial score (nSPS) is 18.5. The molecule has 5 rings (SSSR count). The van der Waals surface area contributed by atoms with Crippen molar-refractivity contribution in [3.05, 3.63) is 57.0 Å². The summed E-state index contributed by atoms with van der Waals surface area (Å²) in [4.78, 5) is 14.0. The van der Waals surface area contributed by atoms with Gasteiger partial charge >= 0.3 is 0 Å². The van der Waals surface area contributed by atoms with Crippen LogP contribution in [0.3, 0.4) is 0 Å². The van der Waals surface area contributed by atoms with Gasteiger partial charge in [-0.05, 0) is 25.5 Å². The lowest BCUT2D eigenvalue weighted by Gasteiger charge is -2.19. The van der Waals surface area contributed by atoms with E-state index in [2.05, 4.69) is 46.7 Å². The Bertz CT molecular complexity index is 1100. The SMILES string of the molecule is CC(Nc1nc(NCc2nc(C3CCOC3)n[nH]2)nc2c1CSC2)c1c(F)cccc1Br. The number of hydrogen-bond acceptors (Lipinski definition) is 8. The monoisotopic (exact) mass is 519 g/mol. The average Bonchev–Trinajstić information content (AvgIpc) is 3.53. The fraction of sp³-hybridized carbons (Fsp3) is 0.429. The van der Waals surface area contributed by atoms with Crippen LogP contribution in [0, 0.1) is 5.82 Å². The number of benzene rings is 1. The van der Waals surface area contributed by atoms with Crippen LogP contribution >= 0.6 is 27.7 Å². The molecule has 32 heavy (non-hydrogen) atoms. The summed E-state index contributed by atoms with van der Waals surface area (Å²) in [5, 5.41) is 14.0. The summed E-state index contributed by atoms with van der Waals surface area (Å²) in [6.45, 7) is 3.78. The second-order valence-electron chi connectivity index (χ2n) is 7.87. The van der Waals surface area contributed by atoms with Crippen LogP contribution < -0.4 is 10.6 Å². The van der Waals surface area contributed by atoms with Gasteiger partial charge in [-0.1, -0.05) is 22.0 Å². The van der Waals surface area contributed by atoms with Gasteiger partial charge in [0.1, 0.15) is 17.5 Å². The molecule has 0 bridgehead atoms. The highest BCUT2D eigenvalue weighted by atomic mass is 79.9. The lowest BCUT2D eigenvalue weighted by atomic mass is 10.1. The Labute approximate surface area is 197 Å². The molecular formula is C21H23BrFN7OS. The second kappa shape index (κ2) is 9.32. The smallest absolute Gasteiger partial charge is 0.225 e. The molecule has 3 N–H and O–H groups in total. The third-order valence-corrected chi connectivity index (χ3v) is 7.28. The Kier molecular flexibility index (Phi) is 6.29. The zero-order chi connectivity index (χ0) is 22.1. The number of H-pyrrole nitrogens is 1. The summed E-state index contributed by atoms with van der Waals surface area (Å²) in [5.74, 6) is 4.41. The van der Waals surface area contributed by atoms with E-state index in [0.29, 0.717) is 24.7 Å². The number of anilines is 2. The van der Waals surface area contributed by atoms with Crippen LogP contribution in [0.1, 0.15) is 53.8 Å². The van der Waals surface area contributed by atoms with Crippen molar-refractivity contribution in [1.29, 1.82) is 0 Å². The molecule has 0 aliphatic carbocycles. The van der Waals surface area contributed by atoms with Crippen molar-refractivity contribution in [3.63, 3.8) is 0 Å². The van der Waals surface area contributed by atoms with Gasteiger partial charge < -0.3 is 15.4 Å². The summed E-state index contributed by atoms with van der Waals surface area (Å²) >= 11 is 5.25. The first kappa shape index (κ1) is 21.6. The summed E-state index contributed by atoms with van der Waals surface area (Å²) in [5.41, 5.74) is 2.64. The van der Waals surface area contributed by atoms with Crippen LogP contribution in [0.15, 0.2) is 22.7 Å². The molecule has 168 valence electrons. The number of halogens is 2. The number of nitrogens with zero attached hydrogens (tertiary/aromatic N) is 4. The first-order valence-corrected chi connectivity index (χ1v) is 12.4. The highest BCUT2D eigenvalue weighted by Crippen LogP contribution is 2.36. The maximum atomic E-state index is 14.4. The summed E-state index contributed by atoms with van der Waals surface area (Å²) < 4.78 is 20.6. The number of aromatic amines is 1. The van der Waals surface area contributed by atoms with Gasteiger partial charge in [0.05, 0.1) is 24.9 Å². The summed E-state index contributed by atoms with van der Waals surface area (Å²) in [6, 6.07) is 4.72. The molecule has 2 aliphatic heterocycles. The Balaban J connectivity index is 1.33. The number of ether oxygens (including phenoxy) is 1. The number of aromatic nitrogens is 5. The number of hydrogen-bond donors (Lipinski definition) is 3. The van der Waals surface area contributed by atoms with Crippen molar-refractivity contribution in [1.82, 2.24) is 25.1 Å². The van der Waals surface area contributed by atoms with Gasteiger partial charge in [0, 0.05) is 39.6 Å². The number of nitrogens with one attached hydrogen (secondary N) is 3. The van der Waals surface area contributed by atoms with E-state index in [1.807, 2.05) is 13.0 Å². The summed E-state index contributed by atoms with van der Waals surface area (Å²) in [7, 11) is 0. The quantitative estimate of drug-likeness (QED) is 0.418. The average molecular weight is 520 g/mol. The van der Waals surface area contributed by atoms with Gasteiger partial charge in [-0.2, -0.15) is 21.8 Å². The van der Waals surface area contributed by atoms with Gasteiger partial charge in [0.2, 0.25) is 5.95 Å². The van der Waals surface area contributed by atoms with Gasteiger partial charge in [0.25, 0.3) is 0 Å². The number of thioether (sulfide) groups is 1. The third kappa shape index (κ3) is 4.46. The molecule has 8 nitrogen and oxygen atoms in total. The Hall–Kier alpha value is -2.24. The van der Waals surface area contributed by atoms with E-state index in [4.69, 9.17) is 9.72 Å². The molecule has 0 radical (unpaired) electrons. The van der Waals surface area contributed by atoms with Crippen molar-refractivity contribution in [3.8, 4) is 0 Å². The van der Waals surface area contributed by atoms with E-state index >= 15 is 0 Å². The minimum atomic E-state index is -0.270. The van der Waals surface area contributed by atoms with Crippen LogP contribution in [0.5, 0.6) is 0 Å². The van der Waals surface area contributed by atoms with Gasteiger partial charge in [-0.25, -0.2) is 14.4 Å². The molecule has 0 saturated carbocycles. The van der Waals surface area contributed by atoms with Crippen molar-refractivity contribution in [2.45, 2.75) is 43.4 Å². The molecule has 0 spiro atoms. The van der Waals surface area contributed by atoms with E-state index in [-0.39, 0.29) is 17.8 Å². The van der Waals surface area contributed by atoms with E-state index in [0.717, 1.165) is 57.7 Å². The predicted octanol–water partition coefficient (Wildman–Crippen LogP) is 4.53. The predicted molar refractivity (Wildman–Crippen MR) is 125 cm³/mol. The first-order chi connectivity index (χ1) is 15.6. The van der Waals surface area contributed by atoms with Gasteiger partial charge in [-0.3, -0.25) is 5.10 Å². The minimum Gasteiger partial charge on any atom is -0.381 e. The fourth-order valence-corrected chi connectivity index (χ4v) is 5.65. The fourth-order valence-electron chi connectivity index (χ4n) is 3.92. The second-order valence-corrected chi connectivity index (χ2v) is 9.71. The first-order valence-electron chi connectivity index (χ1n) is 10.5. The molecule has 1 aromatic carbocycles. The van der Waals surface area contributed by atoms with Crippen molar-refractivity contribution in [2.24, 2.45) is 0 Å². The highest BCUT2D eigenvalue weighted by Gasteiger charge is 2.24. The Morgan fingerprint density at radius 1 is 1.31 bits per heavy atom. The Morgan fingerprint density at radius 2 is 2.22 bits per heavy atom. The molecule has 2 atom stereocenters. The van der Waals surface area contributed by atoms with Gasteiger partial charge in [-0.15, -0.1) is 0 Å². The third-order valence-electron chi connectivity index (χ3n) is 5.62. The number of fused-ring (bicyclic) bond motifs is 1. The standard InChI is InChI=1S/C21H23BrFN7OS/c1-11(18-14(22)3-2-4-15(18)23)25-20-13-9-32-10-16(13)26-21(28-20)24-7-17-27-19(30-29-17)12-5-6-31-8-12/h2-4,11-12H,5-10H2,1H3,(H,27,29,30)(H2,24,25,26,28). The zero-order valence-electron chi connectivity index (χ0n) is 17.5. The maximum absolute atomic E-state index is 14.4. The van der Waals surface area contributed by atoms with E-state index < -0.39 is 0 Å². The maximum Gasteiger partial charge on any atom is 0.225 e. The molecular weight excluding hydrogens is 497 g/mol. The van der Waals surface area contributed by atoms with Gasteiger partial charge in [0.15, 0.2) is 5.82 Å². The minimum absolute atomic E-state index is 0.253. The lowest BCUT2D eigenvalue weighted by Crippen LogP contribution is -2.15. The molecule has 2 unspecified atom stereocenters. The van der Waals surface area contributed by atoms with Crippen LogP contribution in [0.25, 0.3) is 0 Å². The summed E-state index contributed by atoms with van der Waals surface area (Å²) in [6.07, 6.45) is 0.946. The van der Waals surface area contributed by atoms with Crippen LogP contribution in [-0.2, 0) is 22.8 Å². The van der Waals surface area contributed by atoms with Crippen LogP contribution in [0.4, 0.5) is 16.2 Å². The molecule has 2 aromatic heterocycles. The van der Waals surface area contributed by atoms with E-state index in [9.17, 15) is 4.39 Å². The molecule has 0 amide bonds. The Morgan fingerprint density at radius 3 is 3.03 bits per heavy atom. The van der Waals surface area contributed by atoms with Crippen LogP contribution in [0.2, 0.25) is 0 Å². The van der Waals surface area contributed by atoms with Crippen molar-refractivity contribution >= 4 is 39.5 Å².